The molecular weight excluding hydrogens is 164 g/mol. The van der Waals surface area contributed by atoms with Crippen molar-refractivity contribution in [2.24, 2.45) is 0 Å². The number of carbonyl (C=O) groups excluding carboxylic acids is 1. The zero-order valence-corrected chi connectivity index (χ0v) is 6.80. The van der Waals surface area contributed by atoms with Crippen molar-refractivity contribution in [3.8, 4) is 0 Å². The zero-order chi connectivity index (χ0) is 8.27. The van der Waals surface area contributed by atoms with Crippen molar-refractivity contribution in [2.45, 2.75) is 13.3 Å². The van der Waals surface area contributed by atoms with Crippen molar-refractivity contribution in [1.82, 2.24) is 9.97 Å². The molecule has 0 saturated heterocycles. The summed E-state index contributed by atoms with van der Waals surface area (Å²) in [7, 11) is 0. The third-order valence-electron chi connectivity index (χ3n) is 1.10. The Bertz CT molecular complexity index is 258. The molecule has 0 radical (unpaired) electrons. The fraction of sp³-hybridized carbons (Fsp3) is 0.286. The van der Waals surface area contributed by atoms with Crippen LogP contribution in [0.15, 0.2) is 12.4 Å². The molecule has 1 aromatic rings. The highest BCUT2D eigenvalue weighted by molar-refractivity contribution is 6.29. The van der Waals surface area contributed by atoms with E-state index in [9.17, 15) is 4.79 Å². The molecule has 0 aromatic carbocycles. The quantitative estimate of drug-likeness (QED) is 0.671. The van der Waals surface area contributed by atoms with Gasteiger partial charge in [-0.05, 0) is 6.92 Å². The summed E-state index contributed by atoms with van der Waals surface area (Å²) in [5.41, 5.74) is 0.655. The van der Waals surface area contributed by atoms with Gasteiger partial charge in [0.2, 0.25) is 0 Å². The first-order valence-electron chi connectivity index (χ1n) is 3.14. The first-order chi connectivity index (χ1) is 5.18. The summed E-state index contributed by atoms with van der Waals surface area (Å²) in [5, 5.41) is 0.345. The Kier molecular flexibility index (Phi) is 2.54. The zero-order valence-electron chi connectivity index (χ0n) is 6.04. The number of hydrogen-bond donors (Lipinski definition) is 0. The summed E-state index contributed by atoms with van der Waals surface area (Å²) in [5.74, 6) is 0.0709. The molecule has 0 atom stereocenters. The molecule has 0 aliphatic heterocycles. The van der Waals surface area contributed by atoms with E-state index in [1.165, 1.54) is 19.3 Å². The highest BCUT2D eigenvalue weighted by atomic mass is 35.5. The molecule has 0 unspecified atom stereocenters. The summed E-state index contributed by atoms with van der Waals surface area (Å²) >= 11 is 5.49. The molecule has 0 saturated carbocycles. The van der Waals surface area contributed by atoms with Crippen LogP contribution in [-0.4, -0.2) is 15.8 Å². The van der Waals surface area contributed by atoms with E-state index >= 15 is 0 Å². The van der Waals surface area contributed by atoms with Gasteiger partial charge in [-0.1, -0.05) is 11.6 Å². The minimum absolute atomic E-state index is 0.0709. The Hall–Kier alpha value is -0.960. The van der Waals surface area contributed by atoms with Crippen LogP contribution in [0.3, 0.4) is 0 Å². The van der Waals surface area contributed by atoms with Crippen molar-refractivity contribution in [3.63, 3.8) is 0 Å². The molecule has 0 N–H and O–H groups in total. The van der Waals surface area contributed by atoms with Crippen molar-refractivity contribution in [3.05, 3.63) is 23.2 Å². The van der Waals surface area contributed by atoms with Gasteiger partial charge in [0.05, 0.1) is 18.1 Å². The van der Waals surface area contributed by atoms with E-state index in [-0.39, 0.29) is 5.78 Å². The smallest absolute Gasteiger partial charge is 0.147 e. The van der Waals surface area contributed by atoms with E-state index in [1.807, 2.05) is 0 Å². The van der Waals surface area contributed by atoms with Crippen molar-refractivity contribution >= 4 is 17.4 Å². The Labute approximate surface area is 69.4 Å². The molecule has 0 amide bonds. The third kappa shape index (κ3) is 2.63. The Balaban J connectivity index is 2.74. The number of ketones is 1. The Morgan fingerprint density at radius 3 is 2.73 bits per heavy atom. The van der Waals surface area contributed by atoms with Gasteiger partial charge >= 0.3 is 0 Å². The van der Waals surface area contributed by atoms with Crippen LogP contribution in [0, 0.1) is 0 Å². The van der Waals surface area contributed by atoms with Gasteiger partial charge in [0.15, 0.2) is 0 Å². The Morgan fingerprint density at radius 2 is 2.27 bits per heavy atom. The van der Waals surface area contributed by atoms with Gasteiger partial charge in [-0.15, -0.1) is 0 Å². The van der Waals surface area contributed by atoms with E-state index in [4.69, 9.17) is 11.6 Å². The standard InChI is InChI=1S/C7H7ClN2O/c1-5(11)2-6-3-10-7(8)4-9-6/h3-4H,2H2,1H3. The number of halogens is 1. The van der Waals surface area contributed by atoms with Crippen LogP contribution in [-0.2, 0) is 11.2 Å². The van der Waals surface area contributed by atoms with Crippen LogP contribution in [0.25, 0.3) is 0 Å². The molecule has 0 aliphatic carbocycles. The predicted octanol–water partition coefficient (Wildman–Crippen LogP) is 1.26. The fourth-order valence-electron chi connectivity index (χ4n) is 0.685. The van der Waals surface area contributed by atoms with Gasteiger partial charge in [-0.2, -0.15) is 0 Å². The van der Waals surface area contributed by atoms with E-state index in [0.29, 0.717) is 17.3 Å². The lowest BCUT2D eigenvalue weighted by atomic mass is 10.2. The molecule has 0 aliphatic rings. The number of Topliss-reactive ketones (excluding diaryl/α,β-unsaturated/α-hetero) is 1. The lowest BCUT2D eigenvalue weighted by Gasteiger charge is -1.94. The largest absolute Gasteiger partial charge is 0.300 e. The van der Waals surface area contributed by atoms with Gasteiger partial charge in [-0.3, -0.25) is 9.78 Å². The maximum absolute atomic E-state index is 10.6. The van der Waals surface area contributed by atoms with Crippen molar-refractivity contribution in [2.75, 3.05) is 0 Å². The number of rotatable bonds is 2. The first kappa shape index (κ1) is 8.14. The normalized spacial score (nSPS) is 9.64. The average molecular weight is 171 g/mol. The second kappa shape index (κ2) is 3.44. The molecule has 58 valence electrons. The summed E-state index contributed by atoms with van der Waals surface area (Å²) in [6.07, 6.45) is 3.26. The third-order valence-corrected chi connectivity index (χ3v) is 1.30. The number of carbonyl (C=O) groups is 1. The van der Waals surface area contributed by atoms with Crippen LogP contribution in [0.4, 0.5) is 0 Å². The van der Waals surface area contributed by atoms with E-state index in [1.54, 1.807) is 0 Å². The monoisotopic (exact) mass is 170 g/mol. The molecule has 0 fully saturated rings. The van der Waals surface area contributed by atoms with Crippen molar-refractivity contribution in [1.29, 1.82) is 0 Å². The number of aromatic nitrogens is 2. The average Bonchev–Trinajstić information content (AvgIpc) is 1.93. The summed E-state index contributed by atoms with van der Waals surface area (Å²) in [6, 6.07) is 0. The molecule has 0 spiro atoms. The van der Waals surface area contributed by atoms with Crippen LogP contribution in [0.1, 0.15) is 12.6 Å². The van der Waals surface area contributed by atoms with E-state index < -0.39 is 0 Å². The predicted molar refractivity (Wildman–Crippen MR) is 41.4 cm³/mol. The minimum atomic E-state index is 0.0709. The van der Waals surface area contributed by atoms with Gasteiger partial charge in [0.25, 0.3) is 0 Å². The molecule has 1 rings (SSSR count). The van der Waals surface area contributed by atoms with Gasteiger partial charge in [0, 0.05) is 6.42 Å². The van der Waals surface area contributed by atoms with Gasteiger partial charge in [0.1, 0.15) is 10.9 Å². The van der Waals surface area contributed by atoms with Crippen molar-refractivity contribution < 1.29 is 4.79 Å². The van der Waals surface area contributed by atoms with Gasteiger partial charge < -0.3 is 0 Å². The molecule has 0 bridgehead atoms. The van der Waals surface area contributed by atoms with Crippen LogP contribution in [0.2, 0.25) is 5.15 Å². The van der Waals surface area contributed by atoms with Gasteiger partial charge in [-0.25, -0.2) is 4.98 Å². The Morgan fingerprint density at radius 1 is 1.55 bits per heavy atom. The summed E-state index contributed by atoms with van der Waals surface area (Å²) in [4.78, 5) is 18.3. The van der Waals surface area contributed by atoms with Crippen LogP contribution in [0.5, 0.6) is 0 Å². The molecular formula is C7H7ClN2O. The molecule has 11 heavy (non-hydrogen) atoms. The summed E-state index contributed by atoms with van der Waals surface area (Å²) < 4.78 is 0. The molecule has 1 heterocycles. The molecule has 3 nitrogen and oxygen atoms in total. The highest BCUT2D eigenvalue weighted by Gasteiger charge is 1.98. The summed E-state index contributed by atoms with van der Waals surface area (Å²) in [6.45, 7) is 1.51. The maximum Gasteiger partial charge on any atom is 0.147 e. The first-order valence-corrected chi connectivity index (χ1v) is 3.52. The fourth-order valence-corrected chi connectivity index (χ4v) is 0.783. The second-order valence-electron chi connectivity index (χ2n) is 2.21. The van der Waals surface area contributed by atoms with Crippen LogP contribution >= 0.6 is 11.6 Å². The number of hydrogen-bond acceptors (Lipinski definition) is 3. The molecule has 4 heteroatoms. The lowest BCUT2D eigenvalue weighted by Crippen LogP contribution is -1.99. The lowest BCUT2D eigenvalue weighted by molar-refractivity contribution is -0.116. The van der Waals surface area contributed by atoms with E-state index in [2.05, 4.69) is 9.97 Å². The second-order valence-corrected chi connectivity index (χ2v) is 2.60. The number of nitrogens with zero attached hydrogens (tertiary/aromatic N) is 2. The maximum atomic E-state index is 10.6. The van der Waals surface area contributed by atoms with Crippen LogP contribution < -0.4 is 0 Å². The highest BCUT2D eigenvalue weighted by Crippen LogP contribution is 2.01. The van der Waals surface area contributed by atoms with E-state index in [0.717, 1.165) is 0 Å². The SMILES string of the molecule is CC(=O)Cc1cnc(Cl)cn1. The topological polar surface area (TPSA) is 42.9 Å². The minimum Gasteiger partial charge on any atom is -0.300 e. The molecule has 1 aromatic heterocycles.